The molecule has 1 aliphatic carbocycles. The van der Waals surface area contributed by atoms with E-state index in [2.05, 4.69) is 67.2 Å². The molecule has 1 heterocycles. The van der Waals surface area contributed by atoms with Gasteiger partial charge in [0.15, 0.2) is 0 Å². The minimum Gasteiger partial charge on any atom is -0.364 e. The molecular weight excluding hydrogens is 392 g/mol. The summed E-state index contributed by atoms with van der Waals surface area (Å²) in [7, 11) is 0. The van der Waals surface area contributed by atoms with Gasteiger partial charge in [-0.25, -0.2) is 0 Å². The Balaban J connectivity index is 1.92. The number of benzene rings is 1. The first-order valence-corrected chi connectivity index (χ1v) is 9.69. The largest absolute Gasteiger partial charge is 0.364 e. The summed E-state index contributed by atoms with van der Waals surface area (Å²) in [6, 6.07) is 6.98. The van der Waals surface area contributed by atoms with Crippen LogP contribution in [0.15, 0.2) is 27.1 Å². The lowest BCUT2D eigenvalue weighted by Crippen LogP contribution is -2.65. The third-order valence-corrected chi connectivity index (χ3v) is 6.41. The minimum absolute atomic E-state index is 0.332. The highest BCUT2D eigenvalue weighted by molar-refractivity contribution is 9.11. The molecule has 1 saturated carbocycles. The topological polar surface area (TPSA) is 15.3 Å². The molecule has 2 nitrogen and oxygen atoms in total. The summed E-state index contributed by atoms with van der Waals surface area (Å²) in [5.41, 5.74) is 1.66. The second-order valence-corrected chi connectivity index (χ2v) is 8.19. The van der Waals surface area contributed by atoms with Crippen molar-refractivity contribution in [3.63, 3.8) is 0 Å². The Labute approximate surface area is 144 Å². The number of rotatable bonds is 2. The van der Waals surface area contributed by atoms with Gasteiger partial charge in [-0.1, -0.05) is 32.3 Å². The molecule has 2 fully saturated rings. The second kappa shape index (κ2) is 6.59. The van der Waals surface area contributed by atoms with Crippen molar-refractivity contribution in [2.45, 2.75) is 57.0 Å². The molecule has 0 radical (unpaired) electrons. The molecule has 1 unspecified atom stereocenters. The quantitative estimate of drug-likeness (QED) is 0.722. The first kappa shape index (κ1) is 15.8. The van der Waals surface area contributed by atoms with Crippen LogP contribution in [-0.2, 0) is 0 Å². The van der Waals surface area contributed by atoms with Crippen molar-refractivity contribution >= 4 is 37.5 Å². The predicted octanol–water partition coefficient (Wildman–Crippen LogP) is 5.10. The molecule has 1 aromatic rings. The summed E-state index contributed by atoms with van der Waals surface area (Å²) < 4.78 is 2.39. The number of piperazine rings is 1. The van der Waals surface area contributed by atoms with Gasteiger partial charge in [0.1, 0.15) is 0 Å². The Bertz CT molecular complexity index is 477. The molecule has 1 aliphatic heterocycles. The van der Waals surface area contributed by atoms with E-state index in [4.69, 9.17) is 0 Å². The molecule has 0 aromatic heterocycles. The summed E-state index contributed by atoms with van der Waals surface area (Å²) in [5, 5.41) is 3.90. The fourth-order valence-electron chi connectivity index (χ4n) is 3.91. The Morgan fingerprint density at radius 2 is 1.86 bits per heavy atom. The number of halogens is 2. The fourth-order valence-corrected chi connectivity index (χ4v) is 5.36. The molecule has 2 aliphatic rings. The van der Waals surface area contributed by atoms with Gasteiger partial charge in [-0.15, -0.1) is 0 Å². The number of hydrogen-bond acceptors (Lipinski definition) is 2. The number of anilines is 1. The third kappa shape index (κ3) is 3.18. The van der Waals surface area contributed by atoms with Crippen molar-refractivity contribution in [1.29, 1.82) is 0 Å². The summed E-state index contributed by atoms with van der Waals surface area (Å²) in [5.74, 6) is 0. The van der Waals surface area contributed by atoms with E-state index in [1.165, 1.54) is 53.2 Å². The van der Waals surface area contributed by atoms with E-state index in [-0.39, 0.29) is 0 Å². The van der Waals surface area contributed by atoms with Gasteiger partial charge >= 0.3 is 0 Å². The fraction of sp³-hybridized carbons (Fsp3) is 0.647. The maximum absolute atomic E-state index is 3.90. The highest BCUT2D eigenvalue weighted by atomic mass is 79.9. The van der Waals surface area contributed by atoms with Crippen LogP contribution in [0.3, 0.4) is 0 Å². The van der Waals surface area contributed by atoms with Gasteiger partial charge in [0.2, 0.25) is 0 Å². The van der Waals surface area contributed by atoms with E-state index in [9.17, 15) is 0 Å². The Kier molecular flexibility index (Phi) is 4.97. The van der Waals surface area contributed by atoms with E-state index in [0.29, 0.717) is 11.6 Å². The molecule has 1 aromatic carbocycles. The van der Waals surface area contributed by atoms with Crippen molar-refractivity contribution < 1.29 is 0 Å². The second-order valence-electron chi connectivity index (χ2n) is 6.48. The molecule has 1 spiro atoms. The standard InChI is InChI=1S/C17H24Br2N2/c1-2-13-11-20-17(9-4-3-5-10-17)12-21(13)16-14(18)7-6-8-15(16)19/h6-8,13,20H,2-5,9-12H2,1H3. The van der Waals surface area contributed by atoms with Crippen LogP contribution in [-0.4, -0.2) is 24.7 Å². The molecule has 3 rings (SSSR count). The predicted molar refractivity (Wildman–Crippen MR) is 97.1 cm³/mol. The summed E-state index contributed by atoms with van der Waals surface area (Å²) in [6.07, 6.45) is 7.96. The van der Waals surface area contributed by atoms with E-state index < -0.39 is 0 Å². The van der Waals surface area contributed by atoms with Gasteiger partial charge in [0, 0.05) is 33.6 Å². The maximum Gasteiger partial charge on any atom is 0.0658 e. The normalized spacial score (nSPS) is 25.3. The van der Waals surface area contributed by atoms with Crippen LogP contribution in [0.1, 0.15) is 45.4 Å². The highest BCUT2D eigenvalue weighted by Gasteiger charge is 2.40. The first-order chi connectivity index (χ1) is 10.2. The lowest BCUT2D eigenvalue weighted by molar-refractivity contribution is 0.195. The smallest absolute Gasteiger partial charge is 0.0658 e. The van der Waals surface area contributed by atoms with Crippen LogP contribution in [0.25, 0.3) is 0 Å². The molecule has 1 saturated heterocycles. The monoisotopic (exact) mass is 414 g/mol. The third-order valence-electron chi connectivity index (χ3n) is 5.13. The van der Waals surface area contributed by atoms with E-state index in [0.717, 1.165) is 13.1 Å². The van der Waals surface area contributed by atoms with Crippen molar-refractivity contribution in [1.82, 2.24) is 5.32 Å². The van der Waals surface area contributed by atoms with Crippen LogP contribution < -0.4 is 10.2 Å². The number of nitrogens with one attached hydrogen (secondary N) is 1. The Morgan fingerprint density at radius 1 is 1.19 bits per heavy atom. The Morgan fingerprint density at radius 3 is 2.48 bits per heavy atom. The van der Waals surface area contributed by atoms with E-state index in [1.54, 1.807) is 0 Å². The number of hydrogen-bond donors (Lipinski definition) is 1. The number of para-hydroxylation sites is 1. The van der Waals surface area contributed by atoms with Crippen molar-refractivity contribution in [3.8, 4) is 0 Å². The lowest BCUT2D eigenvalue weighted by atomic mass is 9.79. The molecule has 0 bridgehead atoms. The van der Waals surface area contributed by atoms with Crippen molar-refractivity contribution in [2.24, 2.45) is 0 Å². The molecule has 1 N–H and O–H groups in total. The van der Waals surface area contributed by atoms with E-state index in [1.807, 2.05) is 0 Å². The van der Waals surface area contributed by atoms with Gasteiger partial charge in [-0.2, -0.15) is 0 Å². The van der Waals surface area contributed by atoms with Gasteiger partial charge in [0.05, 0.1) is 5.69 Å². The van der Waals surface area contributed by atoms with Crippen LogP contribution in [0.5, 0.6) is 0 Å². The van der Waals surface area contributed by atoms with Crippen LogP contribution in [0, 0.1) is 0 Å². The molecule has 0 amide bonds. The summed E-state index contributed by atoms with van der Waals surface area (Å²) in [6.45, 7) is 4.53. The zero-order valence-electron chi connectivity index (χ0n) is 12.7. The van der Waals surface area contributed by atoms with Crippen LogP contribution in [0.4, 0.5) is 5.69 Å². The lowest BCUT2D eigenvalue weighted by Gasteiger charge is -2.51. The van der Waals surface area contributed by atoms with Gasteiger partial charge in [-0.3, -0.25) is 0 Å². The molecular formula is C17H24Br2N2. The van der Waals surface area contributed by atoms with Crippen LogP contribution >= 0.6 is 31.9 Å². The number of nitrogens with zero attached hydrogens (tertiary/aromatic N) is 1. The molecule has 1 atom stereocenters. The van der Waals surface area contributed by atoms with Crippen molar-refractivity contribution in [2.75, 3.05) is 18.0 Å². The Hall–Kier alpha value is -0.0600. The zero-order valence-corrected chi connectivity index (χ0v) is 15.8. The average molecular weight is 416 g/mol. The average Bonchev–Trinajstić information content (AvgIpc) is 2.48. The SMILES string of the molecule is CCC1CNC2(CCCCC2)CN1c1c(Br)cccc1Br. The van der Waals surface area contributed by atoms with E-state index >= 15 is 0 Å². The summed E-state index contributed by atoms with van der Waals surface area (Å²) >= 11 is 7.52. The highest BCUT2D eigenvalue weighted by Crippen LogP contribution is 2.40. The minimum atomic E-state index is 0.332. The maximum atomic E-state index is 3.90. The van der Waals surface area contributed by atoms with Gasteiger partial charge in [0.25, 0.3) is 0 Å². The molecule has 116 valence electrons. The van der Waals surface area contributed by atoms with Crippen molar-refractivity contribution in [3.05, 3.63) is 27.1 Å². The van der Waals surface area contributed by atoms with Gasteiger partial charge in [-0.05, 0) is 63.3 Å². The molecule has 21 heavy (non-hydrogen) atoms. The summed E-state index contributed by atoms with van der Waals surface area (Å²) in [4.78, 5) is 2.63. The van der Waals surface area contributed by atoms with Gasteiger partial charge < -0.3 is 10.2 Å². The first-order valence-electron chi connectivity index (χ1n) is 8.11. The van der Waals surface area contributed by atoms with Crippen LogP contribution in [0.2, 0.25) is 0 Å². The zero-order chi connectivity index (χ0) is 14.9. The molecule has 4 heteroatoms.